The lowest BCUT2D eigenvalue weighted by Gasteiger charge is -2.49. The molecule has 1 atom stereocenters. The molecule has 0 aromatic rings. The van der Waals surface area contributed by atoms with Gasteiger partial charge in [-0.15, -0.1) is 0 Å². The SMILES string of the molecule is CC(C)CN1CC(N2CCNCC2)CCC1(C)C. The molecule has 0 aromatic carbocycles. The average Bonchev–Trinajstić information content (AvgIpc) is 2.32. The number of hydrogen-bond acceptors (Lipinski definition) is 3. The van der Waals surface area contributed by atoms with E-state index in [9.17, 15) is 0 Å². The first-order valence-electron chi connectivity index (χ1n) is 7.69. The molecule has 0 spiro atoms. The molecule has 0 saturated carbocycles. The van der Waals surface area contributed by atoms with E-state index in [0.717, 1.165) is 12.0 Å². The Bertz CT molecular complexity index is 256. The number of piperazine rings is 1. The predicted molar refractivity (Wildman–Crippen MR) is 78.0 cm³/mol. The maximum absolute atomic E-state index is 3.46. The Balaban J connectivity index is 1.95. The van der Waals surface area contributed by atoms with Gasteiger partial charge in [0, 0.05) is 50.8 Å². The standard InChI is InChI=1S/C15H31N3/c1-13(2)11-18-12-14(5-6-15(18,3)4)17-9-7-16-8-10-17/h13-14,16H,5-12H2,1-4H3. The Labute approximate surface area is 113 Å². The number of piperidine rings is 1. The van der Waals surface area contributed by atoms with Crippen molar-refractivity contribution in [3.8, 4) is 0 Å². The predicted octanol–water partition coefficient (Wildman–Crippen LogP) is 1.79. The molecule has 2 aliphatic rings. The summed E-state index contributed by atoms with van der Waals surface area (Å²) < 4.78 is 0. The zero-order valence-corrected chi connectivity index (χ0v) is 12.7. The summed E-state index contributed by atoms with van der Waals surface area (Å²) in [6, 6.07) is 0.791. The van der Waals surface area contributed by atoms with E-state index in [4.69, 9.17) is 0 Å². The van der Waals surface area contributed by atoms with Crippen LogP contribution >= 0.6 is 0 Å². The summed E-state index contributed by atoms with van der Waals surface area (Å²) >= 11 is 0. The fourth-order valence-corrected chi connectivity index (χ4v) is 3.38. The zero-order valence-electron chi connectivity index (χ0n) is 12.7. The molecule has 3 heteroatoms. The van der Waals surface area contributed by atoms with Gasteiger partial charge in [-0.3, -0.25) is 9.80 Å². The van der Waals surface area contributed by atoms with Gasteiger partial charge in [0.1, 0.15) is 0 Å². The summed E-state index contributed by atoms with van der Waals surface area (Å²) in [6.45, 7) is 16.8. The number of hydrogen-bond donors (Lipinski definition) is 1. The molecular weight excluding hydrogens is 222 g/mol. The lowest BCUT2D eigenvalue weighted by molar-refractivity contribution is 0.00535. The highest BCUT2D eigenvalue weighted by Crippen LogP contribution is 2.30. The monoisotopic (exact) mass is 253 g/mol. The molecule has 2 heterocycles. The van der Waals surface area contributed by atoms with Crippen molar-refractivity contribution in [2.45, 2.75) is 52.1 Å². The van der Waals surface area contributed by atoms with Gasteiger partial charge in [-0.2, -0.15) is 0 Å². The van der Waals surface area contributed by atoms with E-state index in [2.05, 4.69) is 42.8 Å². The molecule has 0 radical (unpaired) electrons. The van der Waals surface area contributed by atoms with Crippen LogP contribution in [0.3, 0.4) is 0 Å². The number of nitrogens with zero attached hydrogens (tertiary/aromatic N) is 2. The third kappa shape index (κ3) is 3.46. The van der Waals surface area contributed by atoms with Crippen molar-refractivity contribution in [2.24, 2.45) is 5.92 Å². The zero-order chi connectivity index (χ0) is 13.2. The Morgan fingerprint density at radius 2 is 1.89 bits per heavy atom. The van der Waals surface area contributed by atoms with Gasteiger partial charge in [0.25, 0.3) is 0 Å². The summed E-state index contributed by atoms with van der Waals surface area (Å²) in [5.74, 6) is 0.769. The van der Waals surface area contributed by atoms with Crippen LogP contribution in [0.25, 0.3) is 0 Å². The topological polar surface area (TPSA) is 18.5 Å². The molecule has 3 nitrogen and oxygen atoms in total. The number of nitrogens with one attached hydrogen (secondary N) is 1. The van der Waals surface area contributed by atoms with Crippen molar-refractivity contribution in [2.75, 3.05) is 39.3 Å². The minimum Gasteiger partial charge on any atom is -0.314 e. The summed E-state index contributed by atoms with van der Waals surface area (Å²) in [6.07, 6.45) is 2.72. The third-order valence-corrected chi connectivity index (χ3v) is 4.63. The second kappa shape index (κ2) is 5.89. The van der Waals surface area contributed by atoms with Gasteiger partial charge in [-0.05, 0) is 32.6 Å². The van der Waals surface area contributed by atoms with Gasteiger partial charge in [-0.1, -0.05) is 13.8 Å². The molecule has 0 aromatic heterocycles. The van der Waals surface area contributed by atoms with Crippen LogP contribution in [0, 0.1) is 5.92 Å². The van der Waals surface area contributed by atoms with Gasteiger partial charge in [-0.25, -0.2) is 0 Å². The first kappa shape index (κ1) is 14.3. The largest absolute Gasteiger partial charge is 0.314 e. The third-order valence-electron chi connectivity index (χ3n) is 4.63. The van der Waals surface area contributed by atoms with Crippen LogP contribution in [0.2, 0.25) is 0 Å². The van der Waals surface area contributed by atoms with Crippen molar-refractivity contribution in [1.82, 2.24) is 15.1 Å². The van der Waals surface area contributed by atoms with E-state index < -0.39 is 0 Å². The number of likely N-dealkylation sites (tertiary alicyclic amines) is 1. The Morgan fingerprint density at radius 1 is 1.22 bits per heavy atom. The molecule has 2 saturated heterocycles. The van der Waals surface area contributed by atoms with Crippen LogP contribution in [0.5, 0.6) is 0 Å². The molecule has 0 bridgehead atoms. The van der Waals surface area contributed by atoms with Crippen molar-refractivity contribution in [3.63, 3.8) is 0 Å². The van der Waals surface area contributed by atoms with E-state index in [-0.39, 0.29) is 0 Å². The van der Waals surface area contributed by atoms with E-state index >= 15 is 0 Å². The summed E-state index contributed by atoms with van der Waals surface area (Å²) in [7, 11) is 0. The van der Waals surface area contributed by atoms with E-state index in [1.54, 1.807) is 0 Å². The maximum atomic E-state index is 3.46. The van der Waals surface area contributed by atoms with E-state index in [0.29, 0.717) is 5.54 Å². The first-order valence-corrected chi connectivity index (χ1v) is 7.69. The highest BCUT2D eigenvalue weighted by molar-refractivity contribution is 4.93. The molecule has 0 amide bonds. The minimum absolute atomic E-state index is 0.398. The Morgan fingerprint density at radius 3 is 2.50 bits per heavy atom. The van der Waals surface area contributed by atoms with Crippen molar-refractivity contribution >= 4 is 0 Å². The maximum Gasteiger partial charge on any atom is 0.0225 e. The molecular formula is C15H31N3. The molecule has 2 rings (SSSR count). The highest BCUT2D eigenvalue weighted by atomic mass is 15.3. The molecule has 2 fully saturated rings. The van der Waals surface area contributed by atoms with Gasteiger partial charge in [0.15, 0.2) is 0 Å². The van der Waals surface area contributed by atoms with Gasteiger partial charge in [0.05, 0.1) is 0 Å². The molecule has 106 valence electrons. The van der Waals surface area contributed by atoms with E-state index in [1.807, 2.05) is 0 Å². The quantitative estimate of drug-likeness (QED) is 0.827. The van der Waals surface area contributed by atoms with Crippen molar-refractivity contribution in [3.05, 3.63) is 0 Å². The van der Waals surface area contributed by atoms with Crippen LogP contribution < -0.4 is 5.32 Å². The van der Waals surface area contributed by atoms with Crippen molar-refractivity contribution in [1.29, 1.82) is 0 Å². The lowest BCUT2D eigenvalue weighted by Crippen LogP contribution is -2.59. The smallest absolute Gasteiger partial charge is 0.0225 e. The average molecular weight is 253 g/mol. The van der Waals surface area contributed by atoms with Crippen LogP contribution in [-0.2, 0) is 0 Å². The van der Waals surface area contributed by atoms with Crippen LogP contribution in [-0.4, -0.2) is 60.6 Å². The fraction of sp³-hybridized carbons (Fsp3) is 1.00. The molecule has 2 aliphatic heterocycles. The number of rotatable bonds is 3. The molecule has 1 unspecified atom stereocenters. The normalized spacial score (nSPS) is 30.8. The highest BCUT2D eigenvalue weighted by Gasteiger charge is 2.36. The lowest BCUT2D eigenvalue weighted by atomic mass is 9.86. The fourth-order valence-electron chi connectivity index (χ4n) is 3.38. The van der Waals surface area contributed by atoms with Gasteiger partial charge < -0.3 is 5.32 Å². The summed E-state index contributed by atoms with van der Waals surface area (Å²) in [5.41, 5.74) is 0.398. The van der Waals surface area contributed by atoms with Gasteiger partial charge in [0.2, 0.25) is 0 Å². The Hall–Kier alpha value is -0.120. The van der Waals surface area contributed by atoms with Crippen LogP contribution in [0.4, 0.5) is 0 Å². The Kier molecular flexibility index (Phi) is 4.68. The van der Waals surface area contributed by atoms with E-state index in [1.165, 1.54) is 52.1 Å². The van der Waals surface area contributed by atoms with Crippen LogP contribution in [0.1, 0.15) is 40.5 Å². The minimum atomic E-state index is 0.398. The second-order valence-electron chi connectivity index (χ2n) is 7.09. The summed E-state index contributed by atoms with van der Waals surface area (Å²) in [5, 5.41) is 3.46. The van der Waals surface area contributed by atoms with Crippen LogP contribution in [0.15, 0.2) is 0 Å². The first-order chi connectivity index (χ1) is 8.49. The van der Waals surface area contributed by atoms with Crippen molar-refractivity contribution < 1.29 is 0 Å². The molecule has 18 heavy (non-hydrogen) atoms. The molecule has 1 N–H and O–H groups in total. The summed E-state index contributed by atoms with van der Waals surface area (Å²) in [4.78, 5) is 5.44. The van der Waals surface area contributed by atoms with Gasteiger partial charge >= 0.3 is 0 Å². The molecule has 0 aliphatic carbocycles. The second-order valence-corrected chi connectivity index (χ2v) is 7.09.